The summed E-state index contributed by atoms with van der Waals surface area (Å²) in [4.78, 5) is 68.6. The smallest absolute Gasteiger partial charge is 0.335 e. The minimum atomic E-state index is -0.975. The number of nitrogen functional groups attached to an aromatic ring is 2. The fraction of sp³-hybridized carbons (Fsp3) is 0.333. The Labute approximate surface area is 307 Å². The predicted octanol–water partition coefficient (Wildman–Crippen LogP) is 3.64. The number of H-pyrrole nitrogens is 2. The minimum absolute atomic E-state index is 0.145. The molecule has 0 aliphatic rings. The van der Waals surface area contributed by atoms with Crippen molar-refractivity contribution in [2.75, 3.05) is 24.7 Å². The zero-order valence-electron chi connectivity index (χ0n) is 29.9. The highest BCUT2D eigenvalue weighted by atomic mass is 16.5. The third-order valence-electron chi connectivity index (χ3n) is 8.37. The van der Waals surface area contributed by atoms with Gasteiger partial charge in [0.05, 0.1) is 24.3 Å². The van der Waals surface area contributed by atoms with Crippen molar-refractivity contribution in [1.82, 2.24) is 39.0 Å². The van der Waals surface area contributed by atoms with Gasteiger partial charge in [0.2, 0.25) is 0 Å². The largest absolute Gasteiger partial charge is 0.478 e. The van der Waals surface area contributed by atoms with Crippen LogP contribution in [0.25, 0.3) is 22.3 Å². The van der Waals surface area contributed by atoms with Gasteiger partial charge in [-0.15, -0.1) is 0 Å². The number of aromatic amines is 2. The summed E-state index contributed by atoms with van der Waals surface area (Å²) in [6, 6.07) is 13.4. The number of carboxylic acid groups (broad SMARTS) is 2. The van der Waals surface area contributed by atoms with Crippen molar-refractivity contribution < 1.29 is 29.3 Å². The number of hydrogen-bond acceptors (Lipinski definition) is 12. The van der Waals surface area contributed by atoms with E-state index >= 15 is 0 Å². The molecule has 0 radical (unpaired) electrons. The van der Waals surface area contributed by atoms with Gasteiger partial charge in [-0.2, -0.15) is 19.9 Å². The summed E-state index contributed by atoms with van der Waals surface area (Å²) < 4.78 is 14.0. The van der Waals surface area contributed by atoms with E-state index in [2.05, 4.69) is 43.8 Å². The Hall–Kier alpha value is -6.72. The molecule has 0 saturated carbocycles. The first kappa shape index (κ1) is 38.5. The van der Waals surface area contributed by atoms with Crippen LogP contribution in [-0.2, 0) is 25.9 Å². The van der Waals surface area contributed by atoms with Crippen LogP contribution in [0, 0.1) is 0 Å². The number of aryl methyl sites for hydroxylation is 4. The second-order valence-corrected chi connectivity index (χ2v) is 12.3. The Balaban J connectivity index is 0.000000208. The molecule has 0 bridgehead atoms. The Morgan fingerprint density at radius 1 is 0.648 bits per heavy atom. The van der Waals surface area contributed by atoms with Crippen molar-refractivity contribution in [1.29, 1.82) is 0 Å². The summed E-state index contributed by atoms with van der Waals surface area (Å²) >= 11 is 0. The number of ether oxygens (including phenoxy) is 2. The van der Waals surface area contributed by atoms with Gasteiger partial charge in [0, 0.05) is 13.1 Å². The average molecular weight is 743 g/mol. The van der Waals surface area contributed by atoms with Gasteiger partial charge in [0.15, 0.2) is 22.9 Å². The van der Waals surface area contributed by atoms with Gasteiger partial charge in [-0.1, -0.05) is 51.0 Å². The van der Waals surface area contributed by atoms with Crippen molar-refractivity contribution in [3.63, 3.8) is 0 Å². The zero-order valence-corrected chi connectivity index (χ0v) is 29.9. The summed E-state index contributed by atoms with van der Waals surface area (Å²) in [7, 11) is 0. The summed E-state index contributed by atoms with van der Waals surface area (Å²) in [5.41, 5.74) is 15.0. The maximum absolute atomic E-state index is 12.3. The molecule has 284 valence electrons. The fourth-order valence-electron chi connectivity index (χ4n) is 5.33. The van der Waals surface area contributed by atoms with E-state index in [0.717, 1.165) is 36.8 Å². The Kier molecular flexibility index (Phi) is 12.6. The number of aromatic carboxylic acids is 2. The molecule has 6 aromatic rings. The molecule has 0 amide bonds. The molecule has 18 nitrogen and oxygen atoms in total. The van der Waals surface area contributed by atoms with Crippen LogP contribution in [0.1, 0.15) is 71.4 Å². The van der Waals surface area contributed by atoms with E-state index in [9.17, 15) is 19.2 Å². The van der Waals surface area contributed by atoms with E-state index in [0.29, 0.717) is 61.5 Å². The van der Waals surface area contributed by atoms with E-state index in [1.54, 1.807) is 24.3 Å². The molecule has 6 rings (SSSR count). The molecular formula is C36H42N10O8. The predicted molar refractivity (Wildman–Crippen MR) is 200 cm³/mol. The Morgan fingerprint density at radius 3 is 1.35 bits per heavy atom. The van der Waals surface area contributed by atoms with Crippen molar-refractivity contribution in [2.24, 2.45) is 0 Å². The third-order valence-corrected chi connectivity index (χ3v) is 8.37. The topological polar surface area (TPSA) is 272 Å². The van der Waals surface area contributed by atoms with E-state index in [1.165, 1.54) is 33.4 Å². The van der Waals surface area contributed by atoms with E-state index in [4.69, 9.17) is 31.2 Å². The number of carboxylic acids is 2. The number of hydrogen-bond donors (Lipinski definition) is 6. The second-order valence-electron chi connectivity index (χ2n) is 12.3. The quantitative estimate of drug-likeness (QED) is 0.0773. The molecule has 8 N–H and O–H groups in total. The van der Waals surface area contributed by atoms with Crippen LogP contribution >= 0.6 is 0 Å². The molecule has 0 aliphatic carbocycles. The van der Waals surface area contributed by atoms with Crippen molar-refractivity contribution in [3.05, 3.63) is 91.8 Å². The van der Waals surface area contributed by atoms with E-state index < -0.39 is 11.9 Å². The standard InChI is InChI=1S/2C18H21N5O4/c2*1-2-3-10-27-17-21-14(19)13-15(22-17)23(18(26)20-13)9-8-11-4-6-12(7-5-11)16(24)25/h2*4-7H,2-3,8-10H2,1H3,(H,20,26)(H,24,25)(H2,19,21,22). The van der Waals surface area contributed by atoms with Crippen LogP contribution in [0.2, 0.25) is 0 Å². The van der Waals surface area contributed by atoms with Crippen LogP contribution < -0.4 is 32.3 Å². The number of unbranched alkanes of at least 4 members (excludes halogenated alkanes) is 2. The number of rotatable bonds is 16. The summed E-state index contributed by atoms with van der Waals surface area (Å²) in [5.74, 6) is -1.63. The van der Waals surface area contributed by atoms with Crippen LogP contribution in [0.5, 0.6) is 12.0 Å². The summed E-state index contributed by atoms with van der Waals surface area (Å²) in [6.07, 6.45) is 4.76. The van der Waals surface area contributed by atoms with Gasteiger partial charge in [-0.3, -0.25) is 9.13 Å². The van der Waals surface area contributed by atoms with Crippen molar-refractivity contribution in [2.45, 2.75) is 65.5 Å². The van der Waals surface area contributed by atoms with Crippen LogP contribution in [0.15, 0.2) is 58.1 Å². The number of nitrogens with two attached hydrogens (primary N) is 2. The maximum atomic E-state index is 12.3. The zero-order chi connectivity index (χ0) is 38.8. The first-order valence-corrected chi connectivity index (χ1v) is 17.4. The molecular weight excluding hydrogens is 700 g/mol. The van der Waals surface area contributed by atoms with Gasteiger partial charge in [0.1, 0.15) is 11.0 Å². The number of benzene rings is 2. The molecule has 4 aromatic heterocycles. The second kappa shape index (κ2) is 17.7. The van der Waals surface area contributed by atoms with Gasteiger partial charge >= 0.3 is 35.3 Å². The average Bonchev–Trinajstić information content (AvgIpc) is 3.65. The minimum Gasteiger partial charge on any atom is -0.478 e. The van der Waals surface area contributed by atoms with Crippen LogP contribution in [0.3, 0.4) is 0 Å². The molecule has 18 heteroatoms. The highest BCUT2D eigenvalue weighted by molar-refractivity contribution is 5.88. The molecule has 54 heavy (non-hydrogen) atoms. The SMILES string of the molecule is CCCCOc1nc(N)c2[nH]c(=O)n(CCc3ccc(C(=O)O)cc3)c2n1.CCCCOc1nc(N)c2[nH]c(=O)n(CCc3ccc(C(=O)O)cc3)c2n1. The summed E-state index contributed by atoms with van der Waals surface area (Å²) in [6.45, 7) is 5.77. The molecule has 0 unspecified atom stereocenters. The highest BCUT2D eigenvalue weighted by Crippen LogP contribution is 2.20. The third kappa shape index (κ3) is 9.38. The van der Waals surface area contributed by atoms with E-state index in [1.807, 2.05) is 0 Å². The fourth-order valence-corrected chi connectivity index (χ4v) is 5.33. The lowest BCUT2D eigenvalue weighted by Crippen LogP contribution is -2.18. The number of aromatic nitrogens is 8. The lowest BCUT2D eigenvalue weighted by Gasteiger charge is -2.07. The van der Waals surface area contributed by atoms with Gasteiger partial charge in [-0.25, -0.2) is 19.2 Å². The summed E-state index contributed by atoms with van der Waals surface area (Å²) in [5, 5.41) is 17.9. The molecule has 4 heterocycles. The van der Waals surface area contributed by atoms with Crippen molar-refractivity contribution in [3.8, 4) is 12.0 Å². The number of nitrogens with zero attached hydrogens (tertiary/aromatic N) is 6. The molecule has 0 fully saturated rings. The molecule has 0 aliphatic heterocycles. The first-order chi connectivity index (χ1) is 26.0. The van der Waals surface area contributed by atoms with Crippen LogP contribution in [0.4, 0.5) is 11.6 Å². The van der Waals surface area contributed by atoms with E-state index in [-0.39, 0.29) is 46.2 Å². The molecule has 0 saturated heterocycles. The number of imidazole rings is 2. The van der Waals surface area contributed by atoms with Crippen LogP contribution in [-0.4, -0.2) is 74.4 Å². The first-order valence-electron chi connectivity index (χ1n) is 17.4. The van der Waals surface area contributed by atoms with Gasteiger partial charge in [0.25, 0.3) is 0 Å². The number of anilines is 2. The highest BCUT2D eigenvalue weighted by Gasteiger charge is 2.16. The number of carbonyl (C=O) groups is 2. The monoisotopic (exact) mass is 742 g/mol. The van der Waals surface area contributed by atoms with Gasteiger partial charge < -0.3 is 41.1 Å². The lowest BCUT2D eigenvalue weighted by molar-refractivity contribution is 0.0686. The number of nitrogens with one attached hydrogen (secondary N) is 2. The Morgan fingerprint density at radius 2 is 1.02 bits per heavy atom. The molecule has 0 spiro atoms. The van der Waals surface area contributed by atoms with Gasteiger partial charge in [-0.05, 0) is 61.1 Å². The lowest BCUT2D eigenvalue weighted by atomic mass is 10.1. The number of fused-ring (bicyclic) bond motifs is 2. The normalized spacial score (nSPS) is 11.0. The molecule has 0 atom stereocenters. The Bertz CT molecular complexity index is 2180. The van der Waals surface area contributed by atoms with Crippen molar-refractivity contribution >= 4 is 45.9 Å². The maximum Gasteiger partial charge on any atom is 0.335 e. The molecule has 2 aromatic carbocycles.